The lowest BCUT2D eigenvalue weighted by molar-refractivity contribution is -0.384. The highest BCUT2D eigenvalue weighted by atomic mass is 16.6. The average Bonchev–Trinajstić information content (AvgIpc) is 3.03. The zero-order valence-electron chi connectivity index (χ0n) is 14.8. The van der Waals surface area contributed by atoms with Crippen LogP contribution in [0.4, 0.5) is 5.69 Å². The summed E-state index contributed by atoms with van der Waals surface area (Å²) < 4.78 is 1.78. The first-order valence-electron chi connectivity index (χ1n) is 8.90. The van der Waals surface area contributed by atoms with Crippen molar-refractivity contribution in [3.05, 3.63) is 52.3 Å². The van der Waals surface area contributed by atoms with E-state index in [4.69, 9.17) is 4.98 Å². The van der Waals surface area contributed by atoms with Crippen LogP contribution in [0.5, 0.6) is 0 Å². The number of non-ortho nitro benzene ring substituents is 1. The van der Waals surface area contributed by atoms with E-state index in [1.165, 1.54) is 19.3 Å². The molecule has 3 heterocycles. The van der Waals surface area contributed by atoms with Gasteiger partial charge in [-0.05, 0) is 55.3 Å². The molecule has 0 unspecified atom stereocenters. The van der Waals surface area contributed by atoms with Crippen LogP contribution in [0.15, 0.2) is 36.5 Å². The fourth-order valence-corrected chi connectivity index (χ4v) is 3.60. The minimum atomic E-state index is -0.377. The maximum Gasteiger partial charge on any atom is 0.269 e. The zero-order valence-corrected chi connectivity index (χ0v) is 14.8. The van der Waals surface area contributed by atoms with Crippen LogP contribution >= 0.6 is 0 Å². The van der Waals surface area contributed by atoms with Crippen molar-refractivity contribution in [3.8, 4) is 11.1 Å². The summed E-state index contributed by atoms with van der Waals surface area (Å²) in [6.07, 6.45) is 5.59. The fourth-order valence-electron chi connectivity index (χ4n) is 3.60. The van der Waals surface area contributed by atoms with Gasteiger partial charge in [-0.25, -0.2) is 4.98 Å². The smallest absolute Gasteiger partial charge is 0.269 e. The first-order valence-corrected chi connectivity index (χ1v) is 8.90. The molecule has 0 saturated carbocycles. The molecular weight excluding hydrogens is 330 g/mol. The highest BCUT2D eigenvalue weighted by molar-refractivity contribution is 5.92. The van der Waals surface area contributed by atoms with Crippen LogP contribution in [-0.2, 0) is 13.6 Å². The molecule has 0 N–H and O–H groups in total. The summed E-state index contributed by atoms with van der Waals surface area (Å²) in [5.74, 6) is 0. The molecular formula is C19H21N5O2. The highest BCUT2D eigenvalue weighted by Gasteiger charge is 2.16. The van der Waals surface area contributed by atoms with Crippen LogP contribution in [0.25, 0.3) is 22.2 Å². The Labute approximate surface area is 151 Å². The van der Waals surface area contributed by atoms with Crippen LogP contribution in [0, 0.1) is 10.1 Å². The molecule has 1 aromatic carbocycles. The Morgan fingerprint density at radius 2 is 1.88 bits per heavy atom. The van der Waals surface area contributed by atoms with Gasteiger partial charge in [0, 0.05) is 31.1 Å². The number of hydrogen-bond acceptors (Lipinski definition) is 5. The molecule has 0 bridgehead atoms. The predicted molar refractivity (Wildman–Crippen MR) is 99.7 cm³/mol. The fraction of sp³-hybridized carbons (Fsp3) is 0.368. The molecule has 134 valence electrons. The number of fused-ring (bicyclic) bond motifs is 1. The summed E-state index contributed by atoms with van der Waals surface area (Å²) in [5, 5.41) is 16.2. The van der Waals surface area contributed by atoms with E-state index in [9.17, 15) is 10.1 Å². The maximum absolute atomic E-state index is 10.9. The monoisotopic (exact) mass is 351 g/mol. The number of rotatable bonds is 4. The first-order chi connectivity index (χ1) is 12.6. The van der Waals surface area contributed by atoms with Crippen LogP contribution < -0.4 is 0 Å². The number of aromatic nitrogens is 3. The summed E-state index contributed by atoms with van der Waals surface area (Å²) >= 11 is 0. The second kappa shape index (κ2) is 6.84. The number of piperidine rings is 1. The number of benzene rings is 1. The van der Waals surface area contributed by atoms with Crippen LogP contribution in [0.1, 0.15) is 25.0 Å². The van der Waals surface area contributed by atoms with Crippen molar-refractivity contribution < 1.29 is 4.92 Å². The molecule has 3 aromatic rings. The maximum atomic E-state index is 10.9. The van der Waals surface area contributed by atoms with Crippen molar-refractivity contribution in [1.29, 1.82) is 0 Å². The highest BCUT2D eigenvalue weighted by Crippen LogP contribution is 2.30. The van der Waals surface area contributed by atoms with Gasteiger partial charge in [0.15, 0.2) is 5.65 Å². The Morgan fingerprint density at radius 3 is 2.58 bits per heavy atom. The van der Waals surface area contributed by atoms with Gasteiger partial charge < -0.3 is 0 Å². The van der Waals surface area contributed by atoms with Crippen molar-refractivity contribution in [2.75, 3.05) is 13.1 Å². The van der Waals surface area contributed by atoms with Gasteiger partial charge in [0.2, 0.25) is 0 Å². The van der Waals surface area contributed by atoms with Crippen molar-refractivity contribution in [3.63, 3.8) is 0 Å². The minimum Gasteiger partial charge on any atom is -0.298 e. The lowest BCUT2D eigenvalue weighted by Gasteiger charge is -2.26. The van der Waals surface area contributed by atoms with Crippen molar-refractivity contribution in [1.82, 2.24) is 19.7 Å². The van der Waals surface area contributed by atoms with Gasteiger partial charge in [-0.15, -0.1) is 0 Å². The van der Waals surface area contributed by atoms with Crippen LogP contribution in [-0.4, -0.2) is 37.7 Å². The topological polar surface area (TPSA) is 77.1 Å². The molecule has 2 aromatic heterocycles. The molecule has 0 spiro atoms. The summed E-state index contributed by atoms with van der Waals surface area (Å²) in [4.78, 5) is 17.8. The van der Waals surface area contributed by atoms with Crippen LogP contribution in [0.2, 0.25) is 0 Å². The third-order valence-corrected chi connectivity index (χ3v) is 4.98. The molecule has 1 aliphatic heterocycles. The Hall–Kier alpha value is -2.80. The number of aryl methyl sites for hydroxylation is 1. The Kier molecular flexibility index (Phi) is 4.38. The van der Waals surface area contributed by atoms with E-state index >= 15 is 0 Å². The van der Waals surface area contributed by atoms with Crippen molar-refractivity contribution >= 4 is 16.7 Å². The van der Waals surface area contributed by atoms with E-state index in [1.807, 2.05) is 13.2 Å². The van der Waals surface area contributed by atoms with E-state index in [-0.39, 0.29) is 10.6 Å². The lowest BCUT2D eigenvalue weighted by Crippen LogP contribution is -2.29. The zero-order chi connectivity index (χ0) is 18.1. The predicted octanol–water partition coefficient (Wildman–Crippen LogP) is 3.53. The lowest BCUT2D eigenvalue weighted by atomic mass is 10.0. The van der Waals surface area contributed by atoms with Crippen molar-refractivity contribution in [2.45, 2.75) is 25.8 Å². The van der Waals surface area contributed by atoms with E-state index in [2.05, 4.69) is 16.1 Å². The van der Waals surface area contributed by atoms with E-state index in [1.54, 1.807) is 28.9 Å². The van der Waals surface area contributed by atoms with E-state index < -0.39 is 0 Å². The van der Waals surface area contributed by atoms with Gasteiger partial charge in [0.25, 0.3) is 5.69 Å². The van der Waals surface area contributed by atoms with Gasteiger partial charge >= 0.3 is 0 Å². The number of likely N-dealkylation sites (tertiary alicyclic amines) is 1. The second-order valence-corrected chi connectivity index (χ2v) is 6.81. The van der Waals surface area contributed by atoms with Crippen molar-refractivity contribution in [2.24, 2.45) is 7.05 Å². The number of nitrogens with zero attached hydrogens (tertiary/aromatic N) is 5. The van der Waals surface area contributed by atoms with Gasteiger partial charge in [0.1, 0.15) is 0 Å². The number of hydrogen-bond donors (Lipinski definition) is 0. The Balaban J connectivity index is 1.75. The Morgan fingerprint density at radius 1 is 1.15 bits per heavy atom. The van der Waals surface area contributed by atoms with Gasteiger partial charge in [0.05, 0.1) is 16.8 Å². The summed E-state index contributed by atoms with van der Waals surface area (Å²) in [6.45, 7) is 3.04. The quantitative estimate of drug-likeness (QED) is 0.531. The Bertz CT molecular complexity index is 942. The molecule has 0 amide bonds. The molecule has 0 atom stereocenters. The molecule has 7 heteroatoms. The number of nitro benzene ring substituents is 1. The summed E-state index contributed by atoms with van der Waals surface area (Å²) in [7, 11) is 1.89. The molecule has 26 heavy (non-hydrogen) atoms. The molecule has 1 aliphatic rings. The SMILES string of the molecule is Cn1ncc2c(-c3ccc([N+](=O)[O-])cc3)cc(CN3CCCCC3)nc21. The van der Waals surface area contributed by atoms with Gasteiger partial charge in [-0.1, -0.05) is 6.42 Å². The normalized spacial score (nSPS) is 15.4. The summed E-state index contributed by atoms with van der Waals surface area (Å²) in [5.41, 5.74) is 3.91. The van der Waals surface area contributed by atoms with E-state index in [0.717, 1.165) is 47.5 Å². The molecule has 0 radical (unpaired) electrons. The van der Waals surface area contributed by atoms with Gasteiger partial charge in [-0.2, -0.15) is 5.10 Å². The molecule has 4 rings (SSSR count). The average molecular weight is 351 g/mol. The molecule has 1 fully saturated rings. The summed E-state index contributed by atoms with van der Waals surface area (Å²) in [6, 6.07) is 8.78. The largest absolute Gasteiger partial charge is 0.298 e. The third kappa shape index (κ3) is 3.17. The third-order valence-electron chi connectivity index (χ3n) is 4.98. The minimum absolute atomic E-state index is 0.0961. The standard InChI is InChI=1S/C19H21N5O2/c1-22-19-18(12-20-22)17(14-5-7-16(8-6-14)24(25)26)11-15(21-19)13-23-9-3-2-4-10-23/h5-8,11-12H,2-4,9-10,13H2,1H3. The molecule has 0 aliphatic carbocycles. The number of pyridine rings is 1. The van der Waals surface area contributed by atoms with Gasteiger partial charge in [-0.3, -0.25) is 19.7 Å². The molecule has 1 saturated heterocycles. The van der Waals surface area contributed by atoms with Crippen LogP contribution in [0.3, 0.4) is 0 Å². The first kappa shape index (κ1) is 16.7. The number of nitro groups is 1. The second-order valence-electron chi connectivity index (χ2n) is 6.81. The van der Waals surface area contributed by atoms with E-state index in [0.29, 0.717) is 0 Å². The molecule has 7 nitrogen and oxygen atoms in total.